The molecule has 7 heteroatoms. The highest BCUT2D eigenvalue weighted by atomic mass is 32.2. The van der Waals surface area contributed by atoms with Crippen molar-refractivity contribution in [1.29, 1.82) is 0 Å². The fourth-order valence-corrected chi connectivity index (χ4v) is 6.48. The lowest BCUT2D eigenvalue weighted by molar-refractivity contribution is 0.110. The van der Waals surface area contributed by atoms with Gasteiger partial charge in [-0.1, -0.05) is 48.0 Å². The van der Waals surface area contributed by atoms with Gasteiger partial charge in [0.25, 0.3) is 10.1 Å². The molecule has 2 aliphatic carbocycles. The summed E-state index contributed by atoms with van der Waals surface area (Å²) in [5.41, 5.74) is 5.24. The van der Waals surface area contributed by atoms with Crippen LogP contribution in [0.4, 0.5) is 0 Å². The Kier molecular flexibility index (Phi) is 7.06. The quantitative estimate of drug-likeness (QED) is 0.377. The van der Waals surface area contributed by atoms with E-state index >= 15 is 0 Å². The van der Waals surface area contributed by atoms with Gasteiger partial charge in [0.2, 0.25) is 0 Å². The molecule has 3 aromatic carbocycles. The summed E-state index contributed by atoms with van der Waals surface area (Å²) < 4.78 is 42.6. The number of methoxy groups -OCH3 is 1. The minimum absolute atomic E-state index is 0.0717. The summed E-state index contributed by atoms with van der Waals surface area (Å²) in [7, 11) is -2.30. The summed E-state index contributed by atoms with van der Waals surface area (Å²) >= 11 is 0. The number of hydrogen-bond donors (Lipinski definition) is 1. The maximum Gasteiger partial charge on any atom is 0.297 e. The second kappa shape index (κ2) is 10.2. The van der Waals surface area contributed by atoms with Crippen LogP contribution in [-0.2, 0) is 27.3 Å². The molecule has 0 aliphatic heterocycles. The molecule has 0 saturated heterocycles. The van der Waals surface area contributed by atoms with Crippen molar-refractivity contribution in [3.05, 3.63) is 88.5 Å². The third-order valence-electron chi connectivity index (χ3n) is 7.27. The first-order valence-electron chi connectivity index (χ1n) is 12.4. The van der Waals surface area contributed by atoms with Crippen molar-refractivity contribution in [2.75, 3.05) is 13.7 Å². The Morgan fingerprint density at radius 3 is 2.39 bits per heavy atom. The fourth-order valence-electron chi connectivity index (χ4n) is 5.54. The summed E-state index contributed by atoms with van der Waals surface area (Å²) in [6.07, 6.45) is 2.52. The van der Waals surface area contributed by atoms with Crippen LogP contribution >= 0.6 is 0 Å². The standard InChI is InChI=1S/C29H32O6S/c1-19-8-12-25(13-9-19)36(31,32)35-18-24(30)15-23-16-26(33-2)27-21-10-11-22(14-21)28(27)29(23)34-17-20-6-4-3-5-7-20/h3-9,12-13,16,21-22,24,30H,10-11,14-15,17-18H2,1-2H3. The van der Waals surface area contributed by atoms with Gasteiger partial charge in [0, 0.05) is 23.1 Å². The number of ether oxygens (including phenoxy) is 2. The van der Waals surface area contributed by atoms with Crippen LogP contribution in [0.3, 0.4) is 0 Å². The minimum Gasteiger partial charge on any atom is -0.496 e. The molecular formula is C29H32O6S. The van der Waals surface area contributed by atoms with E-state index in [9.17, 15) is 13.5 Å². The van der Waals surface area contributed by atoms with Crippen LogP contribution in [0.1, 0.15) is 58.9 Å². The molecule has 0 aromatic heterocycles. The molecule has 3 aromatic rings. The van der Waals surface area contributed by atoms with Crippen LogP contribution in [-0.4, -0.2) is 33.3 Å². The maximum atomic E-state index is 12.6. The molecule has 36 heavy (non-hydrogen) atoms. The minimum atomic E-state index is -3.97. The van der Waals surface area contributed by atoms with E-state index in [4.69, 9.17) is 13.7 Å². The lowest BCUT2D eigenvalue weighted by Crippen LogP contribution is -2.22. The molecule has 1 fully saturated rings. The van der Waals surface area contributed by atoms with Gasteiger partial charge in [-0.3, -0.25) is 4.18 Å². The Labute approximate surface area is 213 Å². The Bertz CT molecular complexity index is 1320. The molecule has 6 nitrogen and oxygen atoms in total. The third kappa shape index (κ3) is 5.01. The van der Waals surface area contributed by atoms with Crippen molar-refractivity contribution in [2.24, 2.45) is 0 Å². The van der Waals surface area contributed by atoms with E-state index in [1.807, 2.05) is 43.3 Å². The van der Waals surface area contributed by atoms with E-state index in [0.29, 0.717) is 18.4 Å². The molecular weight excluding hydrogens is 476 g/mol. The molecule has 190 valence electrons. The Hall–Kier alpha value is -2.87. The van der Waals surface area contributed by atoms with E-state index in [-0.39, 0.29) is 17.9 Å². The predicted molar refractivity (Wildman–Crippen MR) is 137 cm³/mol. The molecule has 2 aliphatic rings. The molecule has 1 saturated carbocycles. The van der Waals surface area contributed by atoms with Crippen LogP contribution < -0.4 is 9.47 Å². The predicted octanol–water partition coefficient (Wildman–Crippen LogP) is 5.26. The SMILES string of the molecule is COc1cc(CC(O)COS(=O)(=O)c2ccc(C)cc2)c(OCc2ccccc2)c2c1C1CCC2C1. The molecule has 0 heterocycles. The lowest BCUT2D eigenvalue weighted by atomic mass is 9.87. The average molecular weight is 509 g/mol. The zero-order chi connectivity index (χ0) is 25.3. The molecule has 3 atom stereocenters. The first-order chi connectivity index (χ1) is 17.4. The average Bonchev–Trinajstić information content (AvgIpc) is 3.50. The number of aryl methyl sites for hydroxylation is 1. The maximum absolute atomic E-state index is 12.6. The zero-order valence-electron chi connectivity index (χ0n) is 20.6. The summed E-state index contributed by atoms with van der Waals surface area (Å²) in [6, 6.07) is 18.4. The molecule has 0 spiro atoms. The normalized spacial score (nSPS) is 19.2. The Morgan fingerprint density at radius 2 is 1.69 bits per heavy atom. The van der Waals surface area contributed by atoms with Crippen LogP contribution in [0.5, 0.6) is 11.5 Å². The first kappa shape index (κ1) is 24.8. The number of benzene rings is 3. The van der Waals surface area contributed by atoms with Crippen molar-refractivity contribution in [1.82, 2.24) is 0 Å². The highest BCUT2D eigenvalue weighted by molar-refractivity contribution is 7.86. The zero-order valence-corrected chi connectivity index (χ0v) is 21.5. The Morgan fingerprint density at radius 1 is 1.00 bits per heavy atom. The highest BCUT2D eigenvalue weighted by Crippen LogP contribution is 2.59. The van der Waals surface area contributed by atoms with Gasteiger partial charge in [-0.15, -0.1) is 0 Å². The monoisotopic (exact) mass is 508 g/mol. The van der Waals surface area contributed by atoms with Gasteiger partial charge in [0.1, 0.15) is 18.1 Å². The number of hydrogen-bond acceptors (Lipinski definition) is 6. The Balaban J connectivity index is 1.38. The number of fused-ring (bicyclic) bond motifs is 5. The summed E-state index contributed by atoms with van der Waals surface area (Å²) in [4.78, 5) is 0.0717. The van der Waals surface area contributed by atoms with Crippen molar-refractivity contribution in [3.8, 4) is 11.5 Å². The van der Waals surface area contributed by atoms with Crippen molar-refractivity contribution in [3.63, 3.8) is 0 Å². The number of aliphatic hydroxyl groups is 1. The van der Waals surface area contributed by atoms with Crippen molar-refractivity contribution >= 4 is 10.1 Å². The smallest absolute Gasteiger partial charge is 0.297 e. The molecule has 1 N–H and O–H groups in total. The second-order valence-electron chi connectivity index (χ2n) is 9.79. The third-order valence-corrected chi connectivity index (χ3v) is 8.57. The van der Waals surface area contributed by atoms with Crippen LogP contribution in [0.2, 0.25) is 0 Å². The fraction of sp³-hybridized carbons (Fsp3) is 0.379. The number of aliphatic hydroxyl groups excluding tert-OH is 1. The highest BCUT2D eigenvalue weighted by Gasteiger charge is 2.42. The molecule has 0 amide bonds. The summed E-state index contributed by atoms with van der Waals surface area (Å²) in [5.74, 6) is 2.50. The van der Waals surface area contributed by atoms with Crippen LogP contribution in [0.15, 0.2) is 65.6 Å². The second-order valence-corrected chi connectivity index (χ2v) is 11.4. The lowest BCUT2D eigenvalue weighted by Gasteiger charge is -2.25. The molecule has 2 bridgehead atoms. The van der Waals surface area contributed by atoms with E-state index in [1.54, 1.807) is 19.2 Å². The van der Waals surface area contributed by atoms with E-state index < -0.39 is 16.2 Å². The van der Waals surface area contributed by atoms with Gasteiger partial charge in [-0.05, 0) is 61.8 Å². The van der Waals surface area contributed by atoms with E-state index in [0.717, 1.165) is 47.5 Å². The van der Waals surface area contributed by atoms with Crippen molar-refractivity contribution < 1.29 is 27.2 Å². The van der Waals surface area contributed by atoms with E-state index in [1.165, 1.54) is 23.3 Å². The van der Waals surface area contributed by atoms with Crippen LogP contribution in [0.25, 0.3) is 0 Å². The van der Waals surface area contributed by atoms with E-state index in [2.05, 4.69) is 0 Å². The van der Waals surface area contributed by atoms with Gasteiger partial charge in [0.15, 0.2) is 0 Å². The van der Waals surface area contributed by atoms with Gasteiger partial charge in [-0.25, -0.2) is 0 Å². The van der Waals surface area contributed by atoms with Crippen LogP contribution in [0, 0.1) is 6.92 Å². The largest absolute Gasteiger partial charge is 0.496 e. The van der Waals surface area contributed by atoms with Gasteiger partial charge < -0.3 is 14.6 Å². The molecule has 5 rings (SSSR count). The topological polar surface area (TPSA) is 82.1 Å². The summed E-state index contributed by atoms with van der Waals surface area (Å²) in [6.45, 7) is 1.95. The van der Waals surface area contributed by atoms with Gasteiger partial charge in [0.05, 0.1) is 24.7 Å². The van der Waals surface area contributed by atoms with Gasteiger partial charge in [-0.2, -0.15) is 8.42 Å². The molecule has 3 unspecified atom stereocenters. The number of rotatable bonds is 10. The summed E-state index contributed by atoms with van der Waals surface area (Å²) in [5, 5.41) is 10.8. The van der Waals surface area contributed by atoms with Gasteiger partial charge >= 0.3 is 0 Å². The first-order valence-corrected chi connectivity index (χ1v) is 13.8. The van der Waals surface area contributed by atoms with Crippen molar-refractivity contribution in [2.45, 2.75) is 62.0 Å². The molecule has 0 radical (unpaired) electrons.